The van der Waals surface area contributed by atoms with Gasteiger partial charge in [0, 0.05) is 11.8 Å². The van der Waals surface area contributed by atoms with E-state index < -0.39 is 6.61 Å². The van der Waals surface area contributed by atoms with Crippen LogP contribution in [0.25, 0.3) is 0 Å². The molecule has 0 aliphatic rings. The van der Waals surface area contributed by atoms with Gasteiger partial charge in [-0.3, -0.25) is 9.78 Å². The van der Waals surface area contributed by atoms with Crippen molar-refractivity contribution >= 4 is 5.78 Å². The first-order valence-corrected chi connectivity index (χ1v) is 3.50. The predicted octanol–water partition coefficient (Wildman–Crippen LogP) is 1.89. The molecule has 1 rings (SSSR count). The molecule has 0 bridgehead atoms. The van der Waals surface area contributed by atoms with Gasteiger partial charge in [-0.2, -0.15) is 8.78 Å². The van der Waals surface area contributed by atoms with E-state index in [1.807, 2.05) is 0 Å². The normalized spacial score (nSPS) is 10.2. The third-order valence-corrected chi connectivity index (χ3v) is 1.34. The minimum Gasteiger partial charge on any atom is -0.433 e. The quantitative estimate of drug-likeness (QED) is 0.678. The summed E-state index contributed by atoms with van der Waals surface area (Å²) < 4.78 is 27.5. The average molecular weight is 187 g/mol. The number of carbonyl (C=O) groups is 1. The maximum atomic E-state index is 11.7. The Morgan fingerprint density at radius 2 is 2.23 bits per heavy atom. The molecular weight excluding hydrogens is 180 g/mol. The molecule has 0 fully saturated rings. The molecule has 1 heterocycles. The second-order valence-corrected chi connectivity index (χ2v) is 2.34. The summed E-state index contributed by atoms with van der Waals surface area (Å²) in [6.07, 6.45) is 2.42. The van der Waals surface area contributed by atoms with E-state index in [0.717, 1.165) is 6.20 Å². The number of carbonyl (C=O) groups excluding carboxylic acids is 1. The van der Waals surface area contributed by atoms with Gasteiger partial charge in [0.15, 0.2) is 5.78 Å². The van der Waals surface area contributed by atoms with Crippen molar-refractivity contribution in [1.82, 2.24) is 4.98 Å². The standard InChI is InChI=1S/C8H7F2NO2/c1-5(12)6-2-7(4-11-3-6)13-8(9)10/h2-4,8H,1H3. The molecular formula is C8H7F2NO2. The van der Waals surface area contributed by atoms with E-state index in [1.165, 1.54) is 19.2 Å². The molecule has 0 spiro atoms. The summed E-state index contributed by atoms with van der Waals surface area (Å²) in [5.41, 5.74) is 0.248. The van der Waals surface area contributed by atoms with Crippen molar-refractivity contribution in [2.75, 3.05) is 0 Å². The monoisotopic (exact) mass is 187 g/mol. The Kier molecular flexibility index (Phi) is 2.89. The summed E-state index contributed by atoms with van der Waals surface area (Å²) in [5, 5.41) is 0. The molecule has 0 saturated carbocycles. The van der Waals surface area contributed by atoms with Crippen LogP contribution in [-0.2, 0) is 0 Å². The Bertz CT molecular complexity index is 315. The number of hydrogen-bond acceptors (Lipinski definition) is 3. The van der Waals surface area contributed by atoms with Gasteiger partial charge in [-0.15, -0.1) is 0 Å². The smallest absolute Gasteiger partial charge is 0.387 e. The van der Waals surface area contributed by atoms with E-state index in [-0.39, 0.29) is 17.1 Å². The average Bonchev–Trinajstić information content (AvgIpc) is 2.03. The van der Waals surface area contributed by atoms with Crippen LogP contribution in [0.5, 0.6) is 5.75 Å². The van der Waals surface area contributed by atoms with Crippen LogP contribution in [0.1, 0.15) is 17.3 Å². The number of pyridine rings is 1. The first kappa shape index (κ1) is 9.57. The molecule has 0 aliphatic heterocycles. The van der Waals surface area contributed by atoms with Gasteiger partial charge in [0.05, 0.1) is 6.20 Å². The van der Waals surface area contributed by atoms with Crippen LogP contribution in [0.15, 0.2) is 18.5 Å². The summed E-state index contributed by atoms with van der Waals surface area (Å²) in [7, 11) is 0. The molecule has 1 aromatic rings. The Morgan fingerprint density at radius 3 is 2.77 bits per heavy atom. The molecule has 5 heteroatoms. The lowest BCUT2D eigenvalue weighted by Gasteiger charge is -2.03. The second kappa shape index (κ2) is 3.93. The van der Waals surface area contributed by atoms with Gasteiger partial charge in [0.2, 0.25) is 0 Å². The maximum absolute atomic E-state index is 11.7. The number of ether oxygens (including phenoxy) is 1. The Hall–Kier alpha value is -1.52. The number of nitrogens with zero attached hydrogens (tertiary/aromatic N) is 1. The first-order valence-electron chi connectivity index (χ1n) is 3.50. The number of aromatic nitrogens is 1. The zero-order valence-electron chi connectivity index (χ0n) is 6.83. The van der Waals surface area contributed by atoms with Gasteiger partial charge < -0.3 is 4.74 Å². The molecule has 1 aromatic heterocycles. The van der Waals surface area contributed by atoms with Gasteiger partial charge in [0.1, 0.15) is 5.75 Å². The Balaban J connectivity index is 2.85. The van der Waals surface area contributed by atoms with E-state index in [2.05, 4.69) is 9.72 Å². The minimum atomic E-state index is -2.90. The van der Waals surface area contributed by atoms with Crippen molar-refractivity contribution in [3.05, 3.63) is 24.0 Å². The summed E-state index contributed by atoms with van der Waals surface area (Å²) in [6, 6.07) is 1.22. The predicted molar refractivity (Wildman–Crippen MR) is 40.9 cm³/mol. The summed E-state index contributed by atoms with van der Waals surface area (Å²) in [6.45, 7) is -1.58. The number of halogens is 2. The molecule has 3 nitrogen and oxygen atoms in total. The first-order chi connectivity index (χ1) is 6.09. The van der Waals surface area contributed by atoms with Gasteiger partial charge >= 0.3 is 6.61 Å². The van der Waals surface area contributed by atoms with Crippen molar-refractivity contribution in [2.45, 2.75) is 13.5 Å². The summed E-state index contributed by atoms with van der Waals surface area (Å²) in [4.78, 5) is 14.4. The van der Waals surface area contributed by atoms with Crippen molar-refractivity contribution in [2.24, 2.45) is 0 Å². The van der Waals surface area contributed by atoms with E-state index >= 15 is 0 Å². The molecule has 13 heavy (non-hydrogen) atoms. The molecule has 0 N–H and O–H groups in total. The topological polar surface area (TPSA) is 39.2 Å². The fraction of sp³-hybridized carbons (Fsp3) is 0.250. The highest BCUT2D eigenvalue weighted by Crippen LogP contribution is 2.14. The number of hydrogen-bond donors (Lipinski definition) is 0. The number of alkyl halides is 2. The van der Waals surface area contributed by atoms with E-state index in [9.17, 15) is 13.6 Å². The lowest BCUT2D eigenvalue weighted by molar-refractivity contribution is -0.0501. The number of rotatable bonds is 3. The van der Waals surface area contributed by atoms with Crippen LogP contribution in [0.3, 0.4) is 0 Å². The minimum absolute atomic E-state index is 0.109. The van der Waals surface area contributed by atoms with Crippen LogP contribution in [0.2, 0.25) is 0 Å². The van der Waals surface area contributed by atoms with Crippen molar-refractivity contribution in [3.8, 4) is 5.75 Å². The molecule has 0 aliphatic carbocycles. The Labute approximate surface area is 73.4 Å². The van der Waals surface area contributed by atoms with Crippen LogP contribution in [0.4, 0.5) is 8.78 Å². The highest BCUT2D eigenvalue weighted by Gasteiger charge is 2.06. The van der Waals surface area contributed by atoms with E-state index in [4.69, 9.17) is 0 Å². The molecule has 0 saturated heterocycles. The maximum Gasteiger partial charge on any atom is 0.387 e. The molecule has 70 valence electrons. The van der Waals surface area contributed by atoms with Crippen LogP contribution < -0.4 is 4.74 Å². The van der Waals surface area contributed by atoms with Crippen molar-refractivity contribution in [1.29, 1.82) is 0 Å². The highest BCUT2D eigenvalue weighted by atomic mass is 19.3. The molecule has 0 aromatic carbocycles. The van der Waals surface area contributed by atoms with Crippen LogP contribution >= 0.6 is 0 Å². The largest absolute Gasteiger partial charge is 0.433 e. The van der Waals surface area contributed by atoms with Crippen LogP contribution in [0, 0.1) is 0 Å². The summed E-state index contributed by atoms with van der Waals surface area (Å²) in [5.74, 6) is -0.352. The molecule has 0 atom stereocenters. The lowest BCUT2D eigenvalue weighted by atomic mass is 10.2. The molecule has 0 amide bonds. The third-order valence-electron chi connectivity index (χ3n) is 1.34. The van der Waals surface area contributed by atoms with E-state index in [0.29, 0.717) is 0 Å². The number of ketones is 1. The van der Waals surface area contributed by atoms with Gasteiger partial charge in [0.25, 0.3) is 0 Å². The van der Waals surface area contributed by atoms with Gasteiger partial charge in [-0.25, -0.2) is 0 Å². The summed E-state index contributed by atoms with van der Waals surface area (Å²) >= 11 is 0. The van der Waals surface area contributed by atoms with Crippen molar-refractivity contribution in [3.63, 3.8) is 0 Å². The van der Waals surface area contributed by atoms with E-state index in [1.54, 1.807) is 0 Å². The SMILES string of the molecule is CC(=O)c1cncc(OC(F)F)c1. The zero-order valence-corrected chi connectivity index (χ0v) is 6.83. The van der Waals surface area contributed by atoms with Gasteiger partial charge in [-0.05, 0) is 13.0 Å². The number of Topliss-reactive ketones (excluding diaryl/α,β-unsaturated/α-hetero) is 1. The molecule has 0 unspecified atom stereocenters. The fourth-order valence-corrected chi connectivity index (χ4v) is 0.779. The lowest BCUT2D eigenvalue weighted by Crippen LogP contribution is -2.03. The zero-order chi connectivity index (χ0) is 9.84. The fourth-order valence-electron chi connectivity index (χ4n) is 0.779. The Morgan fingerprint density at radius 1 is 1.54 bits per heavy atom. The van der Waals surface area contributed by atoms with Gasteiger partial charge in [-0.1, -0.05) is 0 Å². The second-order valence-electron chi connectivity index (χ2n) is 2.34. The molecule has 0 radical (unpaired) electrons. The third kappa shape index (κ3) is 2.77. The van der Waals surface area contributed by atoms with Crippen molar-refractivity contribution < 1.29 is 18.3 Å². The van der Waals surface area contributed by atoms with Crippen LogP contribution in [-0.4, -0.2) is 17.4 Å². The highest BCUT2D eigenvalue weighted by molar-refractivity contribution is 5.94.